The average molecular weight is 778 g/mol. The number of aliphatic hydroxyl groups is 3. The van der Waals surface area contributed by atoms with Crippen LogP contribution in [0.1, 0.15) is 101 Å². The van der Waals surface area contributed by atoms with Crippen LogP contribution in [-0.2, 0) is 52.4 Å². The van der Waals surface area contributed by atoms with E-state index >= 15 is 4.79 Å². The SMILES string of the molecule is CC(=O)O[C@H]1C(=O)[C@@]2(C)[C@H]([C@@H]3OC(=O)CC/C=C/CC[C@H](NC(=O)OC(C)(C)C)[C@@H](O)C(=O)O[C@H]4C[C@]3(O)C(C)(C)C1=C4C)[C@]1(OC(C)=O)CO[C@@H]1C[C@@H]2O. The highest BCUT2D eigenvalue weighted by Gasteiger charge is 2.78. The van der Waals surface area contributed by atoms with Crippen LogP contribution in [0.3, 0.4) is 0 Å². The van der Waals surface area contributed by atoms with E-state index in [-0.39, 0.29) is 49.9 Å². The van der Waals surface area contributed by atoms with Crippen LogP contribution in [0.15, 0.2) is 23.3 Å². The number of hydrogen-bond donors (Lipinski definition) is 4. The number of carbonyl (C=O) groups excluding carboxylic acids is 6. The molecule has 5 rings (SSSR count). The van der Waals surface area contributed by atoms with Gasteiger partial charge in [0.2, 0.25) is 0 Å². The summed E-state index contributed by atoms with van der Waals surface area (Å²) in [5.41, 5.74) is -8.25. The van der Waals surface area contributed by atoms with E-state index in [2.05, 4.69) is 5.32 Å². The van der Waals surface area contributed by atoms with Crippen molar-refractivity contribution in [1.82, 2.24) is 5.32 Å². The number of alkyl carbamates (subject to hydrolysis) is 1. The van der Waals surface area contributed by atoms with Crippen molar-refractivity contribution in [2.75, 3.05) is 6.61 Å². The first-order valence-electron chi connectivity index (χ1n) is 18.8. The Bertz CT molecular complexity index is 1660. The molecule has 0 aromatic rings. The van der Waals surface area contributed by atoms with Crippen molar-refractivity contribution in [1.29, 1.82) is 0 Å². The molecule has 3 fully saturated rings. The Labute approximate surface area is 320 Å². The van der Waals surface area contributed by atoms with Crippen molar-refractivity contribution in [3.05, 3.63) is 23.3 Å². The summed E-state index contributed by atoms with van der Waals surface area (Å²) in [6.45, 7) is 13.0. The highest BCUT2D eigenvalue weighted by Crippen LogP contribution is 2.64. The number of hydrogen-bond acceptors (Lipinski definition) is 15. The predicted octanol–water partition coefficient (Wildman–Crippen LogP) is 2.27. The van der Waals surface area contributed by atoms with Crippen LogP contribution in [-0.4, -0.2) is 117 Å². The van der Waals surface area contributed by atoms with Crippen LogP contribution in [0.4, 0.5) is 4.79 Å². The lowest BCUT2D eigenvalue weighted by atomic mass is 9.44. The molecule has 306 valence electrons. The van der Waals surface area contributed by atoms with Gasteiger partial charge in [-0.15, -0.1) is 0 Å². The normalized spacial score (nSPS) is 39.7. The minimum absolute atomic E-state index is 0.0302. The van der Waals surface area contributed by atoms with Crippen LogP contribution in [0.2, 0.25) is 0 Å². The molecule has 55 heavy (non-hydrogen) atoms. The number of carbonyl (C=O) groups is 6. The molecule has 0 unspecified atom stereocenters. The summed E-state index contributed by atoms with van der Waals surface area (Å²) in [4.78, 5) is 81.4. The fraction of sp³-hybridized carbons (Fsp3) is 0.744. The van der Waals surface area contributed by atoms with E-state index in [1.807, 2.05) is 0 Å². The van der Waals surface area contributed by atoms with Gasteiger partial charge in [0.25, 0.3) is 0 Å². The summed E-state index contributed by atoms with van der Waals surface area (Å²) in [6, 6.07) is -1.20. The second-order valence-electron chi connectivity index (χ2n) is 17.2. The van der Waals surface area contributed by atoms with Crippen LogP contribution in [0, 0.1) is 16.7 Å². The number of nitrogens with one attached hydrogen (secondary N) is 1. The first kappa shape index (κ1) is 42.3. The van der Waals surface area contributed by atoms with Gasteiger partial charge in [0, 0.05) is 38.5 Å². The van der Waals surface area contributed by atoms with E-state index in [4.69, 9.17) is 28.4 Å². The summed E-state index contributed by atoms with van der Waals surface area (Å²) < 4.78 is 35.2. The van der Waals surface area contributed by atoms with Gasteiger partial charge in [-0.3, -0.25) is 19.2 Å². The number of rotatable bonds is 3. The average Bonchev–Trinajstić information content (AvgIpc) is 3.05. The van der Waals surface area contributed by atoms with Crippen LogP contribution < -0.4 is 5.32 Å². The molecule has 2 aliphatic heterocycles. The minimum atomic E-state index is -2.30. The summed E-state index contributed by atoms with van der Waals surface area (Å²) >= 11 is 0. The van der Waals surface area contributed by atoms with Crippen LogP contribution in [0.25, 0.3) is 0 Å². The van der Waals surface area contributed by atoms with Crippen molar-refractivity contribution in [3.63, 3.8) is 0 Å². The summed E-state index contributed by atoms with van der Waals surface area (Å²) in [7, 11) is 0. The van der Waals surface area contributed by atoms with Crippen LogP contribution >= 0.6 is 0 Å². The second kappa shape index (κ2) is 14.9. The molecule has 0 radical (unpaired) electrons. The number of aliphatic hydroxyl groups excluding tert-OH is 2. The number of ketones is 1. The molecule has 1 amide bonds. The zero-order chi connectivity index (χ0) is 41.1. The number of amides is 1. The third-order valence-corrected chi connectivity index (χ3v) is 12.1. The largest absolute Gasteiger partial charge is 0.459 e. The standard InChI is InChI=1S/C39H55NO15/c1-19-23-17-39(49)32(53-26(44)15-13-11-10-12-14-22(28(45)33(47)52-23)40-34(48)55-35(4,5)6)30-37(9,24(43)16-25-38(30,18-50-25)54-21(3)42)31(46)29(51-20(2)41)27(19)36(39,7)8/h10-11,22-25,28-30,32,43,45,49H,12-18H2,1-9H3,(H,40,48)/b11-10+/t22-,23-,24-,25+,28+,29+,30-,32-,37+,38-,39+/m0/s1. The number of allylic oxidation sites excluding steroid dienone is 2. The molecule has 3 bridgehead atoms. The fourth-order valence-electron chi connectivity index (χ4n) is 9.32. The lowest BCUT2D eigenvalue weighted by Gasteiger charge is -2.67. The highest BCUT2D eigenvalue weighted by atomic mass is 16.6. The summed E-state index contributed by atoms with van der Waals surface area (Å²) in [6.07, 6.45) is -7.23. The Balaban J connectivity index is 1.74. The first-order valence-corrected chi connectivity index (χ1v) is 18.8. The van der Waals surface area contributed by atoms with Gasteiger partial charge >= 0.3 is 30.0 Å². The molecule has 5 aliphatic rings. The number of fused-ring (bicyclic) bond motifs is 6. The van der Waals surface area contributed by atoms with Crippen molar-refractivity contribution >= 4 is 35.8 Å². The number of Topliss-reactive ketones (excluding diaryl/α,β-unsaturated/α-hetero) is 1. The third kappa shape index (κ3) is 7.42. The maximum Gasteiger partial charge on any atom is 0.407 e. The van der Waals surface area contributed by atoms with Crippen molar-refractivity contribution in [2.24, 2.45) is 16.7 Å². The monoisotopic (exact) mass is 777 g/mol. The molecule has 4 N–H and O–H groups in total. The first-order chi connectivity index (χ1) is 25.4. The van der Waals surface area contributed by atoms with Crippen molar-refractivity contribution in [2.45, 2.75) is 160 Å². The summed E-state index contributed by atoms with van der Waals surface area (Å²) in [5.74, 6) is -5.92. The predicted molar refractivity (Wildman–Crippen MR) is 190 cm³/mol. The summed E-state index contributed by atoms with van der Waals surface area (Å²) in [5, 5.41) is 39.2. The van der Waals surface area contributed by atoms with Crippen LogP contribution in [0.5, 0.6) is 0 Å². The van der Waals surface area contributed by atoms with Crippen molar-refractivity contribution in [3.8, 4) is 0 Å². The van der Waals surface area contributed by atoms with Gasteiger partial charge in [-0.05, 0) is 65.0 Å². The molecule has 2 saturated carbocycles. The van der Waals surface area contributed by atoms with Crippen molar-refractivity contribution < 1.29 is 72.5 Å². The van der Waals surface area contributed by atoms with Gasteiger partial charge in [-0.25, -0.2) is 9.59 Å². The van der Waals surface area contributed by atoms with E-state index in [1.54, 1.807) is 46.8 Å². The zero-order valence-corrected chi connectivity index (χ0v) is 33.0. The van der Waals surface area contributed by atoms with E-state index in [0.717, 1.165) is 13.8 Å². The third-order valence-electron chi connectivity index (χ3n) is 12.1. The molecule has 16 nitrogen and oxygen atoms in total. The molecule has 0 spiro atoms. The fourth-order valence-corrected chi connectivity index (χ4v) is 9.32. The molecule has 0 aromatic carbocycles. The molecule has 16 heteroatoms. The molecule has 2 heterocycles. The maximum absolute atomic E-state index is 15.2. The van der Waals surface area contributed by atoms with E-state index < -0.39 is 118 Å². The van der Waals surface area contributed by atoms with E-state index in [9.17, 15) is 39.3 Å². The molecule has 0 aromatic heterocycles. The molecular formula is C39H55NO15. The molecular weight excluding hydrogens is 722 g/mol. The zero-order valence-electron chi connectivity index (χ0n) is 33.0. The molecule has 3 aliphatic carbocycles. The molecule has 11 atom stereocenters. The Kier molecular flexibility index (Phi) is 11.5. The number of esters is 4. The van der Waals surface area contributed by atoms with Gasteiger partial charge in [0.15, 0.2) is 23.6 Å². The smallest absolute Gasteiger partial charge is 0.407 e. The van der Waals surface area contributed by atoms with E-state index in [1.165, 1.54) is 13.8 Å². The van der Waals surface area contributed by atoms with Gasteiger partial charge in [0.1, 0.15) is 29.5 Å². The van der Waals surface area contributed by atoms with Gasteiger partial charge in [-0.2, -0.15) is 0 Å². The number of ether oxygens (including phenoxy) is 6. The lowest BCUT2D eigenvalue weighted by molar-refractivity contribution is -0.347. The molecule has 1 saturated heterocycles. The minimum Gasteiger partial charge on any atom is -0.459 e. The Morgan fingerprint density at radius 1 is 0.982 bits per heavy atom. The lowest BCUT2D eigenvalue weighted by Crippen LogP contribution is -2.82. The quantitative estimate of drug-likeness (QED) is 0.183. The second-order valence-corrected chi connectivity index (χ2v) is 17.2. The maximum atomic E-state index is 15.2. The van der Waals surface area contributed by atoms with Gasteiger partial charge in [-0.1, -0.05) is 26.0 Å². The Hall–Kier alpha value is -3.86. The Morgan fingerprint density at radius 3 is 2.22 bits per heavy atom. The topological polar surface area (TPSA) is 231 Å². The highest BCUT2D eigenvalue weighted by molar-refractivity contribution is 5.95. The van der Waals surface area contributed by atoms with Gasteiger partial charge in [0.05, 0.1) is 30.1 Å². The Morgan fingerprint density at radius 2 is 1.64 bits per heavy atom. The van der Waals surface area contributed by atoms with Gasteiger partial charge < -0.3 is 49.1 Å². The van der Waals surface area contributed by atoms with E-state index in [0.29, 0.717) is 0 Å².